The van der Waals surface area contributed by atoms with Crippen LogP contribution in [0, 0.1) is 0 Å². The van der Waals surface area contributed by atoms with E-state index in [1.54, 1.807) is 13.0 Å². The molecule has 2 aromatic carbocycles. The molecule has 1 unspecified atom stereocenters. The number of hydrogen-bond donors (Lipinski definition) is 2. The van der Waals surface area contributed by atoms with Crippen molar-refractivity contribution in [3.63, 3.8) is 0 Å². The highest BCUT2D eigenvalue weighted by Gasteiger charge is 2.33. The van der Waals surface area contributed by atoms with Crippen molar-refractivity contribution in [1.82, 2.24) is 5.32 Å². The third kappa shape index (κ3) is 5.29. The maximum Gasteiger partial charge on any atom is 0.416 e. The highest BCUT2D eigenvalue weighted by atomic mass is 32.2. The van der Waals surface area contributed by atoms with Crippen molar-refractivity contribution in [3.05, 3.63) is 53.1 Å². The Morgan fingerprint density at radius 3 is 2.48 bits per heavy atom. The predicted molar refractivity (Wildman–Crippen MR) is 105 cm³/mol. The predicted octanol–water partition coefficient (Wildman–Crippen LogP) is 4.49. The van der Waals surface area contributed by atoms with E-state index in [0.29, 0.717) is 17.4 Å². The van der Waals surface area contributed by atoms with E-state index in [4.69, 9.17) is 9.47 Å². The van der Waals surface area contributed by atoms with Gasteiger partial charge in [0.2, 0.25) is 5.91 Å². The topological polar surface area (TPSA) is 102 Å². The van der Waals surface area contributed by atoms with E-state index in [1.165, 1.54) is 12.1 Å². The second-order valence-corrected chi connectivity index (χ2v) is 7.58. The van der Waals surface area contributed by atoms with Crippen molar-refractivity contribution in [2.24, 2.45) is 0 Å². The van der Waals surface area contributed by atoms with Gasteiger partial charge < -0.3 is 14.6 Å². The van der Waals surface area contributed by atoms with Crippen LogP contribution in [0.2, 0.25) is 0 Å². The van der Waals surface area contributed by atoms with Crippen LogP contribution in [0.5, 0.6) is 17.2 Å². The van der Waals surface area contributed by atoms with Gasteiger partial charge in [0.15, 0.2) is 0 Å². The molecular weight excluding hydrogens is 439 g/mol. The lowest BCUT2D eigenvalue weighted by Gasteiger charge is -2.15. The van der Waals surface area contributed by atoms with Gasteiger partial charge in [-0.2, -0.15) is 13.2 Å². The molecule has 3 rings (SSSR count). The molecule has 0 spiro atoms. The van der Waals surface area contributed by atoms with E-state index in [-0.39, 0.29) is 24.5 Å². The summed E-state index contributed by atoms with van der Waals surface area (Å²) in [5, 5.41) is 10.4. The summed E-state index contributed by atoms with van der Waals surface area (Å²) < 4.78 is 49.7. The Hall–Kier alpha value is -3.21. The maximum atomic E-state index is 12.9. The number of thioether (sulfide) groups is 1. The molecule has 2 amide bonds. The Morgan fingerprint density at radius 1 is 1.16 bits per heavy atom. The Morgan fingerprint density at radius 2 is 1.90 bits per heavy atom. The molecule has 1 heterocycles. The standard InChI is InChI=1S/C20H16F3NO6S/c1-2-29-15-9-12(5-3-10(15)7-16-17(25)24-19(28)31-16)30-14-6-4-11(20(21,22)23)8-13(14)18(26)27/h3-6,8-9,16H,2,7H2,1H3,(H,26,27)(H,24,25,28). The lowest BCUT2D eigenvalue weighted by molar-refractivity contribution is -0.137. The number of carboxylic acids is 1. The van der Waals surface area contributed by atoms with Crippen LogP contribution >= 0.6 is 11.8 Å². The van der Waals surface area contributed by atoms with Crippen molar-refractivity contribution in [3.8, 4) is 17.2 Å². The van der Waals surface area contributed by atoms with Crippen molar-refractivity contribution >= 4 is 28.9 Å². The number of aromatic carboxylic acids is 1. The average Bonchev–Trinajstić information content (AvgIpc) is 3.00. The first-order chi connectivity index (χ1) is 14.6. The fourth-order valence-corrected chi connectivity index (χ4v) is 3.72. The fraction of sp³-hybridized carbons (Fsp3) is 0.250. The van der Waals surface area contributed by atoms with Crippen LogP contribution in [0.1, 0.15) is 28.4 Å². The number of carbonyl (C=O) groups excluding carboxylic acids is 2. The van der Waals surface area contributed by atoms with Gasteiger partial charge in [-0.15, -0.1) is 0 Å². The molecule has 1 atom stereocenters. The molecule has 1 aliphatic heterocycles. The second-order valence-electron chi connectivity index (χ2n) is 6.41. The first kappa shape index (κ1) is 22.5. The van der Waals surface area contributed by atoms with Crippen LogP contribution in [0.3, 0.4) is 0 Å². The van der Waals surface area contributed by atoms with Gasteiger partial charge in [-0.1, -0.05) is 17.8 Å². The molecule has 11 heteroatoms. The smallest absolute Gasteiger partial charge is 0.416 e. The van der Waals surface area contributed by atoms with E-state index in [2.05, 4.69) is 5.32 Å². The Kier molecular flexibility index (Phi) is 6.44. The van der Waals surface area contributed by atoms with Gasteiger partial charge in [-0.25, -0.2) is 4.79 Å². The number of imide groups is 1. The third-order valence-corrected chi connectivity index (χ3v) is 5.26. The molecule has 2 N–H and O–H groups in total. The lowest BCUT2D eigenvalue weighted by atomic mass is 10.1. The molecular formula is C20H16F3NO6S. The van der Waals surface area contributed by atoms with Crippen LogP contribution in [-0.4, -0.2) is 34.1 Å². The molecule has 0 aromatic heterocycles. The molecule has 1 aliphatic rings. The first-order valence-electron chi connectivity index (χ1n) is 8.98. The van der Waals surface area contributed by atoms with Crippen LogP contribution in [0.4, 0.5) is 18.0 Å². The summed E-state index contributed by atoms with van der Waals surface area (Å²) in [5.74, 6) is -1.78. The van der Waals surface area contributed by atoms with Crippen LogP contribution < -0.4 is 14.8 Å². The van der Waals surface area contributed by atoms with Gasteiger partial charge in [0.25, 0.3) is 5.24 Å². The van der Waals surface area contributed by atoms with E-state index in [1.807, 2.05) is 0 Å². The highest BCUT2D eigenvalue weighted by Crippen LogP contribution is 2.36. The van der Waals surface area contributed by atoms with Crippen molar-refractivity contribution in [2.75, 3.05) is 6.61 Å². The molecule has 0 saturated carbocycles. The van der Waals surface area contributed by atoms with E-state index in [9.17, 15) is 32.7 Å². The van der Waals surface area contributed by atoms with Gasteiger partial charge in [0, 0.05) is 6.07 Å². The highest BCUT2D eigenvalue weighted by molar-refractivity contribution is 8.15. The summed E-state index contributed by atoms with van der Waals surface area (Å²) in [6.07, 6.45) is -4.49. The first-order valence-corrected chi connectivity index (χ1v) is 9.86. The zero-order chi connectivity index (χ0) is 22.8. The van der Waals surface area contributed by atoms with Gasteiger partial charge in [0.1, 0.15) is 22.8 Å². The maximum absolute atomic E-state index is 12.9. The van der Waals surface area contributed by atoms with Crippen molar-refractivity contribution in [2.45, 2.75) is 24.8 Å². The number of alkyl halides is 3. The number of nitrogens with one attached hydrogen (secondary N) is 1. The summed E-state index contributed by atoms with van der Waals surface area (Å²) >= 11 is 0.867. The molecule has 31 heavy (non-hydrogen) atoms. The molecule has 7 nitrogen and oxygen atoms in total. The minimum absolute atomic E-state index is 0.133. The largest absolute Gasteiger partial charge is 0.493 e. The number of carboxylic acid groups (broad SMARTS) is 1. The molecule has 164 valence electrons. The Labute approximate surface area is 178 Å². The minimum Gasteiger partial charge on any atom is -0.493 e. The summed E-state index contributed by atoms with van der Waals surface area (Å²) in [5.41, 5.74) is -1.14. The summed E-state index contributed by atoms with van der Waals surface area (Å²) in [7, 11) is 0. The third-order valence-electron chi connectivity index (χ3n) is 4.28. The van der Waals surface area contributed by atoms with Gasteiger partial charge >= 0.3 is 12.1 Å². The molecule has 0 bridgehead atoms. The Balaban J connectivity index is 1.88. The average molecular weight is 455 g/mol. The molecule has 1 saturated heterocycles. The number of ether oxygens (including phenoxy) is 2. The monoisotopic (exact) mass is 455 g/mol. The second kappa shape index (κ2) is 8.88. The zero-order valence-electron chi connectivity index (χ0n) is 16.0. The number of carbonyl (C=O) groups is 3. The number of halogens is 3. The van der Waals surface area contributed by atoms with Gasteiger partial charge in [0.05, 0.1) is 17.4 Å². The minimum atomic E-state index is -4.70. The van der Waals surface area contributed by atoms with Crippen molar-refractivity contribution in [1.29, 1.82) is 0 Å². The van der Waals surface area contributed by atoms with Crippen LogP contribution in [0.25, 0.3) is 0 Å². The van der Waals surface area contributed by atoms with Gasteiger partial charge in [-0.3, -0.25) is 14.9 Å². The normalized spacial score (nSPS) is 16.2. The Bertz CT molecular complexity index is 1040. The van der Waals surface area contributed by atoms with Crippen LogP contribution in [0.15, 0.2) is 36.4 Å². The number of hydrogen-bond acceptors (Lipinski definition) is 6. The lowest BCUT2D eigenvalue weighted by Crippen LogP contribution is -2.25. The molecule has 1 fully saturated rings. The molecule has 0 aliphatic carbocycles. The number of rotatable bonds is 7. The zero-order valence-corrected chi connectivity index (χ0v) is 16.8. The number of benzene rings is 2. The van der Waals surface area contributed by atoms with E-state index in [0.717, 1.165) is 23.9 Å². The molecule has 2 aromatic rings. The number of amides is 2. The van der Waals surface area contributed by atoms with Crippen molar-refractivity contribution < 1.29 is 42.1 Å². The van der Waals surface area contributed by atoms with Gasteiger partial charge in [-0.05, 0) is 43.2 Å². The fourth-order valence-electron chi connectivity index (χ4n) is 2.87. The quantitative estimate of drug-likeness (QED) is 0.634. The SMILES string of the molecule is CCOc1cc(Oc2ccc(C(F)(F)F)cc2C(=O)O)ccc1CC1SC(=O)NC1=O. The van der Waals surface area contributed by atoms with Crippen LogP contribution in [-0.2, 0) is 17.4 Å². The van der Waals surface area contributed by atoms with E-state index >= 15 is 0 Å². The summed E-state index contributed by atoms with van der Waals surface area (Å²) in [6.45, 7) is 2.01. The van der Waals surface area contributed by atoms with E-state index < -0.39 is 39.7 Å². The summed E-state index contributed by atoms with van der Waals surface area (Å²) in [6, 6.07) is 6.67. The summed E-state index contributed by atoms with van der Waals surface area (Å²) in [4.78, 5) is 34.6. The molecule has 0 radical (unpaired) electrons.